The van der Waals surface area contributed by atoms with Crippen LogP contribution in [-0.4, -0.2) is 0 Å². The molecule has 0 saturated heterocycles. The Morgan fingerprint density at radius 3 is 2.00 bits per heavy atom. The first kappa shape index (κ1) is 21.8. The molecule has 35 heavy (non-hydrogen) atoms. The summed E-state index contributed by atoms with van der Waals surface area (Å²) < 4.78 is 2.72. The average Bonchev–Trinajstić information content (AvgIpc) is 3.28. The highest BCUT2D eigenvalue weighted by atomic mass is 32.1. The molecule has 1 heteroatoms. The van der Waals surface area contributed by atoms with Crippen molar-refractivity contribution in [3.8, 4) is 22.3 Å². The van der Waals surface area contributed by atoms with Crippen LogP contribution in [0.5, 0.6) is 0 Å². The smallest absolute Gasteiger partial charge is 0.0358 e. The quantitative estimate of drug-likeness (QED) is 0.236. The van der Waals surface area contributed by atoms with E-state index in [4.69, 9.17) is 0 Å². The molecule has 0 spiro atoms. The minimum Gasteiger partial charge on any atom is -0.135 e. The lowest BCUT2D eigenvalue weighted by Crippen LogP contribution is -1.88. The van der Waals surface area contributed by atoms with Crippen LogP contribution in [0.4, 0.5) is 0 Å². The monoisotopic (exact) mass is 468 g/mol. The van der Waals surface area contributed by atoms with Crippen molar-refractivity contribution in [1.82, 2.24) is 0 Å². The standard InChI is InChI=1S/C34H28S/c1-23(2)27-10-6-11-28(21-27)25-14-16-26(17-15-25)29-18-19-32-31(22-29)34-30(12-7-13-33(34)35-32)20-24-8-4-3-5-9-24/h3-19,21-23H,20H2,1-2H3. The van der Waals surface area contributed by atoms with Gasteiger partial charge in [-0.15, -0.1) is 11.3 Å². The van der Waals surface area contributed by atoms with Crippen molar-refractivity contribution < 1.29 is 0 Å². The molecular weight excluding hydrogens is 440 g/mol. The molecule has 0 aliphatic heterocycles. The maximum absolute atomic E-state index is 2.39. The van der Waals surface area contributed by atoms with E-state index >= 15 is 0 Å². The Kier molecular flexibility index (Phi) is 5.72. The van der Waals surface area contributed by atoms with Crippen LogP contribution in [-0.2, 0) is 6.42 Å². The van der Waals surface area contributed by atoms with Crippen molar-refractivity contribution in [2.45, 2.75) is 26.2 Å². The number of benzene rings is 5. The summed E-state index contributed by atoms with van der Waals surface area (Å²) in [6.45, 7) is 4.50. The predicted octanol–water partition coefficient (Wildman–Crippen LogP) is 10.1. The first-order chi connectivity index (χ1) is 17.2. The summed E-state index contributed by atoms with van der Waals surface area (Å²) in [4.78, 5) is 0. The van der Waals surface area contributed by atoms with E-state index < -0.39 is 0 Å². The molecule has 0 saturated carbocycles. The van der Waals surface area contributed by atoms with Crippen LogP contribution < -0.4 is 0 Å². The fraction of sp³-hybridized carbons (Fsp3) is 0.118. The topological polar surface area (TPSA) is 0 Å². The predicted molar refractivity (Wildman–Crippen MR) is 154 cm³/mol. The molecule has 0 radical (unpaired) electrons. The van der Waals surface area contributed by atoms with E-state index in [1.807, 2.05) is 11.3 Å². The molecular formula is C34H28S. The van der Waals surface area contributed by atoms with E-state index in [1.165, 1.54) is 59.1 Å². The molecule has 5 aromatic carbocycles. The summed E-state index contributed by atoms with van der Waals surface area (Å²) >= 11 is 1.89. The second-order valence-corrected chi connectivity index (χ2v) is 10.7. The summed E-state index contributed by atoms with van der Waals surface area (Å²) in [5, 5.41) is 2.77. The number of thiophene rings is 1. The van der Waals surface area contributed by atoms with Gasteiger partial charge in [0.1, 0.15) is 0 Å². The highest BCUT2D eigenvalue weighted by molar-refractivity contribution is 7.25. The maximum atomic E-state index is 2.39. The van der Waals surface area contributed by atoms with E-state index in [-0.39, 0.29) is 0 Å². The molecule has 1 heterocycles. The molecule has 0 bridgehead atoms. The van der Waals surface area contributed by atoms with Crippen molar-refractivity contribution in [2.24, 2.45) is 0 Å². The van der Waals surface area contributed by atoms with Crippen LogP contribution in [0.15, 0.2) is 115 Å². The fourth-order valence-electron chi connectivity index (χ4n) is 4.98. The van der Waals surface area contributed by atoms with Gasteiger partial charge in [-0.1, -0.05) is 111 Å². The van der Waals surface area contributed by atoms with E-state index in [2.05, 4.69) is 129 Å². The van der Waals surface area contributed by atoms with Gasteiger partial charge in [-0.25, -0.2) is 0 Å². The van der Waals surface area contributed by atoms with Gasteiger partial charge in [0.2, 0.25) is 0 Å². The van der Waals surface area contributed by atoms with Crippen molar-refractivity contribution >= 4 is 31.5 Å². The second kappa shape index (κ2) is 9.17. The Bertz CT molecular complexity index is 1620. The van der Waals surface area contributed by atoms with Gasteiger partial charge in [-0.05, 0) is 69.5 Å². The van der Waals surface area contributed by atoms with Crippen molar-refractivity contribution in [1.29, 1.82) is 0 Å². The Morgan fingerprint density at radius 2 is 1.26 bits per heavy atom. The molecule has 0 N–H and O–H groups in total. The lowest BCUT2D eigenvalue weighted by molar-refractivity contribution is 0.867. The normalized spacial score (nSPS) is 11.5. The molecule has 170 valence electrons. The summed E-state index contributed by atoms with van der Waals surface area (Å²) in [6.07, 6.45) is 0.957. The molecule has 0 aliphatic carbocycles. The van der Waals surface area contributed by atoms with E-state index in [9.17, 15) is 0 Å². The van der Waals surface area contributed by atoms with Gasteiger partial charge in [0, 0.05) is 20.2 Å². The molecule has 0 fully saturated rings. The van der Waals surface area contributed by atoms with Gasteiger partial charge in [0.25, 0.3) is 0 Å². The Hall–Kier alpha value is -3.68. The number of rotatable bonds is 5. The lowest BCUT2D eigenvalue weighted by Gasteiger charge is -2.10. The number of hydrogen-bond acceptors (Lipinski definition) is 1. The highest BCUT2D eigenvalue weighted by Crippen LogP contribution is 2.39. The molecule has 0 amide bonds. The third-order valence-corrected chi connectivity index (χ3v) is 8.06. The van der Waals surface area contributed by atoms with Crippen LogP contribution >= 0.6 is 11.3 Å². The van der Waals surface area contributed by atoms with Crippen LogP contribution in [0.1, 0.15) is 36.5 Å². The van der Waals surface area contributed by atoms with E-state index in [0.29, 0.717) is 5.92 Å². The zero-order chi connectivity index (χ0) is 23.8. The average molecular weight is 469 g/mol. The number of fused-ring (bicyclic) bond motifs is 3. The van der Waals surface area contributed by atoms with Gasteiger partial charge in [0.05, 0.1) is 0 Å². The van der Waals surface area contributed by atoms with Crippen molar-refractivity contribution in [2.75, 3.05) is 0 Å². The van der Waals surface area contributed by atoms with Crippen molar-refractivity contribution in [3.63, 3.8) is 0 Å². The molecule has 0 aliphatic rings. The van der Waals surface area contributed by atoms with Crippen LogP contribution in [0.3, 0.4) is 0 Å². The zero-order valence-corrected chi connectivity index (χ0v) is 21.0. The Balaban J connectivity index is 1.39. The minimum absolute atomic E-state index is 0.535. The highest BCUT2D eigenvalue weighted by Gasteiger charge is 2.11. The molecule has 0 unspecified atom stereocenters. The second-order valence-electron chi connectivity index (χ2n) is 9.62. The minimum atomic E-state index is 0.535. The van der Waals surface area contributed by atoms with Crippen LogP contribution in [0.25, 0.3) is 42.4 Å². The van der Waals surface area contributed by atoms with Gasteiger partial charge in [-0.3, -0.25) is 0 Å². The lowest BCUT2D eigenvalue weighted by atomic mass is 9.95. The SMILES string of the molecule is CC(C)c1cccc(-c2ccc(-c3ccc4sc5cccc(Cc6ccccc6)c5c4c3)cc2)c1. The summed E-state index contributed by atoms with van der Waals surface area (Å²) in [7, 11) is 0. The Morgan fingerprint density at radius 1 is 0.571 bits per heavy atom. The molecule has 6 rings (SSSR count). The molecule has 6 aromatic rings. The summed E-state index contributed by atoms with van der Waals surface area (Å²) in [6, 6.07) is 42.4. The molecule has 0 nitrogen and oxygen atoms in total. The number of hydrogen-bond donors (Lipinski definition) is 0. The Labute approximate surface area is 211 Å². The van der Waals surface area contributed by atoms with Crippen LogP contribution in [0, 0.1) is 0 Å². The first-order valence-electron chi connectivity index (χ1n) is 12.3. The van der Waals surface area contributed by atoms with E-state index in [1.54, 1.807) is 0 Å². The third kappa shape index (κ3) is 4.29. The van der Waals surface area contributed by atoms with Gasteiger partial charge in [-0.2, -0.15) is 0 Å². The maximum Gasteiger partial charge on any atom is 0.0358 e. The van der Waals surface area contributed by atoms with Gasteiger partial charge >= 0.3 is 0 Å². The first-order valence-corrected chi connectivity index (χ1v) is 13.2. The van der Waals surface area contributed by atoms with Crippen LogP contribution in [0.2, 0.25) is 0 Å². The summed E-state index contributed by atoms with van der Waals surface area (Å²) in [5.74, 6) is 0.535. The summed E-state index contributed by atoms with van der Waals surface area (Å²) in [5.41, 5.74) is 9.22. The third-order valence-electron chi connectivity index (χ3n) is 6.92. The molecule has 1 aromatic heterocycles. The molecule has 0 atom stereocenters. The fourth-order valence-corrected chi connectivity index (χ4v) is 6.11. The zero-order valence-electron chi connectivity index (χ0n) is 20.2. The van der Waals surface area contributed by atoms with Crippen molar-refractivity contribution in [3.05, 3.63) is 132 Å². The van der Waals surface area contributed by atoms with E-state index in [0.717, 1.165) is 6.42 Å². The van der Waals surface area contributed by atoms with Gasteiger partial charge in [0.15, 0.2) is 0 Å². The largest absolute Gasteiger partial charge is 0.135 e. The van der Waals surface area contributed by atoms with Gasteiger partial charge < -0.3 is 0 Å².